The van der Waals surface area contributed by atoms with Crippen molar-refractivity contribution in [2.75, 3.05) is 19.7 Å². The van der Waals surface area contributed by atoms with Gasteiger partial charge in [0.2, 0.25) is 0 Å². The van der Waals surface area contributed by atoms with Gasteiger partial charge in [-0.05, 0) is 32.6 Å². The number of hydrogen-bond acceptors (Lipinski definition) is 5. The van der Waals surface area contributed by atoms with Crippen LogP contribution in [-0.4, -0.2) is 50.8 Å². The Kier molecular flexibility index (Phi) is 3.72. The third-order valence-electron chi connectivity index (χ3n) is 5.26. The van der Waals surface area contributed by atoms with E-state index in [0.717, 1.165) is 62.6 Å². The fraction of sp³-hybridized carbons (Fsp3) is 0.688. The zero-order valence-electron chi connectivity index (χ0n) is 13.0. The predicted molar refractivity (Wildman–Crippen MR) is 86.2 cm³/mol. The lowest BCUT2D eigenvalue weighted by molar-refractivity contribution is -0.177. The fourth-order valence-corrected chi connectivity index (χ4v) is 4.60. The number of likely N-dealkylation sites (tertiary alicyclic amines) is 1. The van der Waals surface area contributed by atoms with Gasteiger partial charge in [0.15, 0.2) is 4.96 Å². The second-order valence-corrected chi connectivity index (χ2v) is 7.42. The molecule has 0 aliphatic carbocycles. The molecule has 5 nitrogen and oxygen atoms in total. The van der Waals surface area contributed by atoms with Crippen molar-refractivity contribution in [2.24, 2.45) is 0 Å². The first kappa shape index (κ1) is 14.6. The van der Waals surface area contributed by atoms with E-state index >= 15 is 0 Å². The van der Waals surface area contributed by atoms with Gasteiger partial charge in [-0.25, -0.2) is 4.98 Å². The van der Waals surface area contributed by atoms with Crippen molar-refractivity contribution >= 4 is 16.3 Å². The third kappa shape index (κ3) is 2.38. The van der Waals surface area contributed by atoms with Gasteiger partial charge in [-0.1, -0.05) is 0 Å². The number of fused-ring (bicyclic) bond motifs is 1. The van der Waals surface area contributed by atoms with Crippen molar-refractivity contribution in [3.63, 3.8) is 0 Å². The number of piperidine rings is 1. The first-order valence-corrected chi connectivity index (χ1v) is 9.01. The molecule has 1 atom stereocenters. The number of aromatic nitrogens is 2. The van der Waals surface area contributed by atoms with Crippen LogP contribution in [0.4, 0.5) is 0 Å². The molecule has 22 heavy (non-hydrogen) atoms. The molecule has 0 radical (unpaired) electrons. The fourth-order valence-electron chi connectivity index (χ4n) is 3.82. The Morgan fingerprint density at radius 2 is 2.27 bits per heavy atom. The molecule has 4 heterocycles. The number of nitrogens with zero attached hydrogens (tertiary/aromatic N) is 3. The molecule has 0 amide bonds. The highest BCUT2D eigenvalue weighted by molar-refractivity contribution is 7.15. The number of thiazole rings is 1. The normalized spacial score (nSPS) is 26.0. The van der Waals surface area contributed by atoms with Gasteiger partial charge in [0.1, 0.15) is 0 Å². The Balaban J connectivity index is 1.46. The van der Waals surface area contributed by atoms with E-state index in [1.54, 1.807) is 11.3 Å². The van der Waals surface area contributed by atoms with E-state index < -0.39 is 0 Å². The van der Waals surface area contributed by atoms with E-state index in [-0.39, 0.29) is 11.7 Å². The summed E-state index contributed by atoms with van der Waals surface area (Å²) in [6.45, 7) is 5.78. The van der Waals surface area contributed by atoms with Gasteiger partial charge in [-0.15, -0.1) is 11.3 Å². The van der Waals surface area contributed by atoms with E-state index in [1.165, 1.54) is 5.69 Å². The molecule has 1 spiro atoms. The van der Waals surface area contributed by atoms with E-state index in [9.17, 15) is 5.11 Å². The minimum atomic E-state index is -0.288. The average molecular weight is 321 g/mol. The monoisotopic (exact) mass is 321 g/mol. The molecule has 2 aromatic rings. The summed E-state index contributed by atoms with van der Waals surface area (Å²) in [4.78, 5) is 8.16. The summed E-state index contributed by atoms with van der Waals surface area (Å²) >= 11 is 1.68. The van der Waals surface area contributed by atoms with Crippen molar-refractivity contribution in [1.29, 1.82) is 0 Å². The summed E-state index contributed by atoms with van der Waals surface area (Å²) in [6.07, 6.45) is 5.55. The highest BCUT2D eigenvalue weighted by atomic mass is 32.1. The summed E-state index contributed by atoms with van der Waals surface area (Å²) < 4.78 is 8.20. The lowest BCUT2D eigenvalue weighted by atomic mass is 9.82. The molecule has 4 rings (SSSR count). The number of hydrogen-bond donors (Lipinski definition) is 1. The molecule has 2 aliphatic rings. The van der Waals surface area contributed by atoms with Crippen LogP contribution in [0, 0.1) is 6.92 Å². The molecule has 2 saturated heterocycles. The topological polar surface area (TPSA) is 50.0 Å². The molecule has 0 saturated carbocycles. The average Bonchev–Trinajstić information content (AvgIpc) is 3.07. The van der Waals surface area contributed by atoms with Crippen molar-refractivity contribution in [2.45, 2.75) is 50.9 Å². The largest absolute Gasteiger partial charge is 0.390 e. The molecular formula is C16H23N3O2S. The van der Waals surface area contributed by atoms with Gasteiger partial charge in [0.25, 0.3) is 0 Å². The van der Waals surface area contributed by atoms with Crippen LogP contribution >= 0.6 is 11.3 Å². The third-order valence-corrected chi connectivity index (χ3v) is 6.01. The van der Waals surface area contributed by atoms with Crippen LogP contribution in [0.3, 0.4) is 0 Å². The SMILES string of the molecule is Cc1nc2sccn2c1CN1CCC2(CC1)OCCCC2O. The number of aliphatic hydroxyl groups is 1. The van der Waals surface area contributed by atoms with Crippen molar-refractivity contribution in [3.8, 4) is 0 Å². The first-order chi connectivity index (χ1) is 10.7. The summed E-state index contributed by atoms with van der Waals surface area (Å²) in [5.74, 6) is 0. The summed E-state index contributed by atoms with van der Waals surface area (Å²) in [5, 5.41) is 12.4. The molecule has 2 fully saturated rings. The Hall–Kier alpha value is -0.950. The molecule has 1 N–H and O–H groups in total. The Morgan fingerprint density at radius 1 is 1.45 bits per heavy atom. The zero-order valence-corrected chi connectivity index (χ0v) is 13.8. The highest BCUT2D eigenvalue weighted by Gasteiger charge is 2.43. The molecule has 1 unspecified atom stereocenters. The molecular weight excluding hydrogens is 298 g/mol. The van der Waals surface area contributed by atoms with Crippen molar-refractivity contribution < 1.29 is 9.84 Å². The second kappa shape index (κ2) is 5.60. The second-order valence-electron chi connectivity index (χ2n) is 6.55. The lowest BCUT2D eigenvalue weighted by Crippen LogP contribution is -2.55. The quantitative estimate of drug-likeness (QED) is 0.921. The molecule has 6 heteroatoms. The molecule has 120 valence electrons. The minimum absolute atomic E-state index is 0.279. The van der Waals surface area contributed by atoms with Crippen molar-refractivity contribution in [1.82, 2.24) is 14.3 Å². The van der Waals surface area contributed by atoms with Crippen LogP contribution in [0.15, 0.2) is 11.6 Å². The number of ether oxygens (including phenoxy) is 1. The van der Waals surface area contributed by atoms with Crippen LogP contribution in [0.1, 0.15) is 37.1 Å². The van der Waals surface area contributed by atoms with Crippen LogP contribution < -0.4 is 0 Å². The van der Waals surface area contributed by atoms with Gasteiger partial charge in [0.05, 0.1) is 23.1 Å². The Bertz CT molecular complexity index is 657. The maximum atomic E-state index is 10.3. The molecule has 0 aromatic carbocycles. The lowest BCUT2D eigenvalue weighted by Gasteiger charge is -2.46. The Labute approximate surface area is 134 Å². The van der Waals surface area contributed by atoms with E-state index in [1.807, 2.05) is 0 Å². The van der Waals surface area contributed by atoms with Gasteiger partial charge in [-0.3, -0.25) is 9.30 Å². The number of rotatable bonds is 2. The highest BCUT2D eigenvalue weighted by Crippen LogP contribution is 2.35. The van der Waals surface area contributed by atoms with E-state index in [2.05, 4.69) is 32.8 Å². The van der Waals surface area contributed by atoms with Crippen molar-refractivity contribution in [3.05, 3.63) is 23.0 Å². The standard InChI is InChI=1S/C16H23N3O2S/c1-12-13(19-8-10-22-15(19)17-12)11-18-6-4-16(5-7-18)14(20)3-2-9-21-16/h8,10,14,20H,2-7,9,11H2,1H3. The van der Waals surface area contributed by atoms with Crippen LogP contribution in [0.2, 0.25) is 0 Å². The number of aliphatic hydroxyl groups excluding tert-OH is 1. The smallest absolute Gasteiger partial charge is 0.194 e. The summed E-state index contributed by atoms with van der Waals surface area (Å²) in [7, 11) is 0. The minimum Gasteiger partial charge on any atom is -0.390 e. The number of imidazole rings is 1. The number of aryl methyl sites for hydroxylation is 1. The first-order valence-electron chi connectivity index (χ1n) is 8.13. The van der Waals surface area contributed by atoms with Gasteiger partial charge >= 0.3 is 0 Å². The van der Waals surface area contributed by atoms with E-state index in [0.29, 0.717) is 0 Å². The van der Waals surface area contributed by atoms with Crippen LogP contribution in [0.25, 0.3) is 4.96 Å². The molecule has 2 aliphatic heterocycles. The van der Waals surface area contributed by atoms with Gasteiger partial charge in [-0.2, -0.15) is 0 Å². The van der Waals surface area contributed by atoms with Gasteiger partial charge in [0, 0.05) is 37.8 Å². The maximum Gasteiger partial charge on any atom is 0.194 e. The Morgan fingerprint density at radius 3 is 3.05 bits per heavy atom. The van der Waals surface area contributed by atoms with Gasteiger partial charge < -0.3 is 9.84 Å². The van der Waals surface area contributed by atoms with E-state index in [4.69, 9.17) is 4.74 Å². The maximum absolute atomic E-state index is 10.3. The molecule has 2 aromatic heterocycles. The molecule has 0 bridgehead atoms. The zero-order chi connectivity index (χ0) is 15.2. The summed E-state index contributed by atoms with van der Waals surface area (Å²) in [6, 6.07) is 0. The van der Waals surface area contributed by atoms with Crippen LogP contribution in [-0.2, 0) is 11.3 Å². The summed E-state index contributed by atoms with van der Waals surface area (Å²) in [5.41, 5.74) is 2.14. The predicted octanol–water partition coefficient (Wildman–Crippen LogP) is 2.21. The van der Waals surface area contributed by atoms with Crippen LogP contribution in [0.5, 0.6) is 0 Å².